The van der Waals surface area contributed by atoms with Crippen molar-refractivity contribution >= 4 is 17.3 Å². The molecule has 150 valence electrons. The van der Waals surface area contributed by atoms with Gasteiger partial charge in [-0.3, -0.25) is 0 Å². The van der Waals surface area contributed by atoms with Crippen LogP contribution in [0, 0.1) is 16.7 Å². The average molecular weight is 383 g/mol. The van der Waals surface area contributed by atoms with E-state index in [9.17, 15) is 4.79 Å². The van der Waals surface area contributed by atoms with Gasteiger partial charge in [0.2, 0.25) is 0 Å². The summed E-state index contributed by atoms with van der Waals surface area (Å²) in [6, 6.07) is 7.90. The first-order valence-corrected chi connectivity index (χ1v) is 10.4. The smallest absolute Gasteiger partial charge is 0.340 e. The van der Waals surface area contributed by atoms with Crippen molar-refractivity contribution in [3.05, 3.63) is 35.6 Å². The first kappa shape index (κ1) is 17.9. The molecule has 0 radical (unpaired) electrons. The lowest BCUT2D eigenvalue weighted by atomic mass is 9.70. The van der Waals surface area contributed by atoms with Crippen LogP contribution in [-0.2, 0) is 14.3 Å². The van der Waals surface area contributed by atoms with Crippen molar-refractivity contribution in [1.29, 1.82) is 0 Å². The van der Waals surface area contributed by atoms with Gasteiger partial charge in [-0.15, -0.1) is 0 Å². The number of carbonyl (C=O) groups excluding carboxylic acids is 1. The average Bonchev–Trinajstić information content (AvgIpc) is 3.16. The summed E-state index contributed by atoms with van der Waals surface area (Å²) in [6.07, 6.45) is 3.12. The highest BCUT2D eigenvalue weighted by Crippen LogP contribution is 2.66. The summed E-state index contributed by atoms with van der Waals surface area (Å²) in [7, 11) is 2.01. The van der Waals surface area contributed by atoms with Gasteiger partial charge in [-0.1, -0.05) is 32.9 Å². The third-order valence-corrected chi connectivity index (χ3v) is 8.43. The van der Waals surface area contributed by atoms with Gasteiger partial charge in [0.1, 0.15) is 23.5 Å². The number of nitrogens with one attached hydrogen (secondary N) is 1. The first-order valence-electron chi connectivity index (χ1n) is 10.4. The van der Waals surface area contributed by atoms with Crippen LogP contribution in [0.25, 0.3) is 0 Å². The minimum absolute atomic E-state index is 0.0123. The maximum atomic E-state index is 13.3. The van der Waals surface area contributed by atoms with Crippen molar-refractivity contribution in [3.63, 3.8) is 0 Å². The Bertz CT molecular complexity index is 876. The fourth-order valence-corrected chi connectivity index (χ4v) is 6.10. The zero-order valence-electron chi connectivity index (χ0n) is 17.4. The number of para-hydroxylation sites is 2. The molecule has 0 unspecified atom stereocenters. The van der Waals surface area contributed by atoms with E-state index in [1.807, 2.05) is 32.2 Å². The molecule has 28 heavy (non-hydrogen) atoms. The molecule has 4 aliphatic rings. The Kier molecular flexibility index (Phi) is 3.63. The maximum absolute atomic E-state index is 13.3. The number of carbonyl (C=O) groups is 1. The molecule has 0 amide bonds. The second-order valence-electron chi connectivity index (χ2n) is 9.73. The predicted molar refractivity (Wildman–Crippen MR) is 109 cm³/mol. The minimum atomic E-state index is -0.232. The Labute approximate surface area is 167 Å². The Balaban J connectivity index is 1.40. The third-order valence-electron chi connectivity index (χ3n) is 8.43. The summed E-state index contributed by atoms with van der Waals surface area (Å²) in [4.78, 5) is 15.4. The second-order valence-corrected chi connectivity index (χ2v) is 9.73. The van der Waals surface area contributed by atoms with Crippen LogP contribution in [0.4, 0.5) is 11.4 Å². The molecule has 2 heterocycles. The van der Waals surface area contributed by atoms with E-state index in [2.05, 4.69) is 37.1 Å². The Morgan fingerprint density at radius 3 is 2.71 bits per heavy atom. The molecule has 2 aliphatic carbocycles. The highest BCUT2D eigenvalue weighted by Gasteiger charge is 2.63. The van der Waals surface area contributed by atoms with Crippen LogP contribution in [0.15, 0.2) is 35.6 Å². The number of ether oxygens (including phenoxy) is 2. The van der Waals surface area contributed by atoms with Crippen molar-refractivity contribution in [3.8, 4) is 0 Å². The van der Waals surface area contributed by atoms with Crippen LogP contribution in [0.1, 0.15) is 47.0 Å². The van der Waals surface area contributed by atoms with Crippen LogP contribution < -0.4 is 10.2 Å². The van der Waals surface area contributed by atoms with Crippen LogP contribution >= 0.6 is 0 Å². The summed E-state index contributed by atoms with van der Waals surface area (Å²) in [5.74, 6) is 1.09. The van der Waals surface area contributed by atoms with Crippen molar-refractivity contribution in [1.82, 2.24) is 0 Å². The normalized spacial score (nSPS) is 37.2. The summed E-state index contributed by atoms with van der Waals surface area (Å²) >= 11 is 0. The zero-order valence-corrected chi connectivity index (χ0v) is 17.4. The summed E-state index contributed by atoms with van der Waals surface area (Å²) < 4.78 is 12.3. The topological polar surface area (TPSA) is 50.8 Å². The van der Waals surface area contributed by atoms with Gasteiger partial charge >= 0.3 is 5.97 Å². The quantitative estimate of drug-likeness (QED) is 0.773. The molecule has 2 aliphatic heterocycles. The van der Waals surface area contributed by atoms with E-state index in [0.717, 1.165) is 24.2 Å². The molecule has 5 atom stereocenters. The van der Waals surface area contributed by atoms with Gasteiger partial charge in [0, 0.05) is 12.5 Å². The molecule has 1 aromatic carbocycles. The van der Waals surface area contributed by atoms with Crippen molar-refractivity contribution in [2.24, 2.45) is 16.7 Å². The highest BCUT2D eigenvalue weighted by atomic mass is 16.6. The van der Waals surface area contributed by atoms with Gasteiger partial charge in [0.25, 0.3) is 0 Å². The number of hydrogen-bond acceptors (Lipinski definition) is 5. The molecule has 5 rings (SSSR count). The number of allylic oxidation sites excluding steroid dienone is 1. The van der Waals surface area contributed by atoms with Gasteiger partial charge < -0.3 is 19.7 Å². The van der Waals surface area contributed by atoms with E-state index < -0.39 is 0 Å². The Hall–Kier alpha value is -2.17. The Morgan fingerprint density at radius 2 is 2.04 bits per heavy atom. The molecule has 0 saturated heterocycles. The second kappa shape index (κ2) is 5.68. The lowest BCUT2D eigenvalue weighted by Gasteiger charge is -2.39. The fraction of sp³-hybridized carbons (Fsp3) is 0.609. The number of likely N-dealkylation sites (N-methyl/N-ethyl adjacent to an activating group) is 1. The summed E-state index contributed by atoms with van der Waals surface area (Å²) in [5.41, 5.74) is 3.01. The van der Waals surface area contributed by atoms with Crippen LogP contribution in [0.5, 0.6) is 0 Å². The van der Waals surface area contributed by atoms with Crippen molar-refractivity contribution < 1.29 is 14.3 Å². The number of nitrogens with zero attached hydrogens (tertiary/aromatic N) is 1. The molecule has 2 fully saturated rings. The Morgan fingerprint density at radius 1 is 1.29 bits per heavy atom. The molecule has 2 saturated carbocycles. The number of benzene rings is 1. The molecular formula is C23H30N2O3. The lowest BCUT2D eigenvalue weighted by Crippen LogP contribution is -2.49. The SMILES string of the molecule is CC1=C(C(=O)O[C@@H]2C[C@@H]3CC[C@]2(C)C3(C)C)[C@@H]2Nc3ccccc3N(C)[C@@H]2O1. The maximum Gasteiger partial charge on any atom is 0.340 e. The molecular weight excluding hydrogens is 352 g/mol. The van der Waals surface area contributed by atoms with Gasteiger partial charge in [0.15, 0.2) is 6.23 Å². The molecule has 0 spiro atoms. The zero-order chi connectivity index (χ0) is 19.8. The number of esters is 1. The molecule has 5 heteroatoms. The van der Waals surface area contributed by atoms with Gasteiger partial charge in [-0.05, 0) is 49.7 Å². The van der Waals surface area contributed by atoms with E-state index in [1.165, 1.54) is 6.42 Å². The van der Waals surface area contributed by atoms with Crippen molar-refractivity contribution in [2.75, 3.05) is 17.3 Å². The number of fused-ring (bicyclic) bond motifs is 4. The molecule has 1 aromatic rings. The van der Waals surface area contributed by atoms with Crippen LogP contribution in [-0.4, -0.2) is 31.4 Å². The fourth-order valence-electron chi connectivity index (χ4n) is 6.10. The number of anilines is 2. The van der Waals surface area contributed by atoms with Crippen LogP contribution in [0.3, 0.4) is 0 Å². The predicted octanol–water partition coefficient (Wildman–Crippen LogP) is 4.31. The number of rotatable bonds is 2. The molecule has 2 bridgehead atoms. The van der Waals surface area contributed by atoms with E-state index in [-0.39, 0.29) is 35.2 Å². The molecule has 1 N–H and O–H groups in total. The van der Waals surface area contributed by atoms with Gasteiger partial charge in [0.05, 0.1) is 11.4 Å². The van der Waals surface area contributed by atoms with E-state index in [1.54, 1.807) is 0 Å². The minimum Gasteiger partial charge on any atom is -0.472 e. The molecule has 0 aromatic heterocycles. The van der Waals surface area contributed by atoms with Gasteiger partial charge in [-0.25, -0.2) is 4.79 Å². The highest BCUT2D eigenvalue weighted by molar-refractivity contribution is 5.93. The van der Waals surface area contributed by atoms with Crippen LogP contribution in [0.2, 0.25) is 0 Å². The molecule has 5 nitrogen and oxygen atoms in total. The van der Waals surface area contributed by atoms with E-state index >= 15 is 0 Å². The van der Waals surface area contributed by atoms with Gasteiger partial charge in [-0.2, -0.15) is 0 Å². The van der Waals surface area contributed by atoms with Crippen molar-refractivity contribution in [2.45, 2.75) is 65.3 Å². The lowest BCUT2D eigenvalue weighted by molar-refractivity contribution is -0.152. The number of hydrogen-bond donors (Lipinski definition) is 1. The third kappa shape index (κ3) is 2.16. The van der Waals surface area contributed by atoms with E-state index in [0.29, 0.717) is 17.3 Å². The monoisotopic (exact) mass is 382 g/mol. The first-order chi connectivity index (χ1) is 13.2. The largest absolute Gasteiger partial charge is 0.472 e. The summed E-state index contributed by atoms with van der Waals surface area (Å²) in [6.45, 7) is 8.86. The van der Waals surface area contributed by atoms with E-state index in [4.69, 9.17) is 9.47 Å². The standard InChI is InChI=1S/C23H30N2O3/c1-13-18(19-20(27-13)25(5)16-9-7-6-8-15(16)24-19)21(26)28-17-12-14-10-11-23(17,4)22(14,2)3/h6-9,14,17,19-20,24H,10-12H2,1-5H3/t14-,17+,19-,20+,23-/m0/s1. The summed E-state index contributed by atoms with van der Waals surface area (Å²) in [5, 5.41) is 3.51.